The van der Waals surface area contributed by atoms with E-state index in [2.05, 4.69) is 10.2 Å². The predicted molar refractivity (Wildman–Crippen MR) is 71.5 cm³/mol. The minimum atomic E-state index is 0.0345. The molecule has 1 aliphatic heterocycles. The average molecular weight is 250 g/mol. The molecule has 1 aromatic carbocycles. The number of morpholine rings is 1. The van der Waals surface area contributed by atoms with E-state index in [0.29, 0.717) is 0 Å². The molecule has 0 bridgehead atoms. The molecule has 100 valence electrons. The fourth-order valence-corrected chi connectivity index (χ4v) is 2.19. The number of hydrogen-bond donors (Lipinski definition) is 2. The van der Waals surface area contributed by atoms with Crippen molar-refractivity contribution in [3.05, 3.63) is 35.9 Å². The maximum absolute atomic E-state index is 9.42. The smallest absolute Gasteiger partial charge is 0.0626 e. The van der Waals surface area contributed by atoms with Crippen LogP contribution in [-0.4, -0.2) is 56.0 Å². The largest absolute Gasteiger partial charge is 0.394 e. The normalized spacial score (nSPS) is 18.7. The van der Waals surface area contributed by atoms with Crippen LogP contribution < -0.4 is 5.32 Å². The van der Waals surface area contributed by atoms with E-state index >= 15 is 0 Å². The van der Waals surface area contributed by atoms with Gasteiger partial charge in [-0.3, -0.25) is 4.90 Å². The van der Waals surface area contributed by atoms with Crippen LogP contribution in [0.4, 0.5) is 0 Å². The van der Waals surface area contributed by atoms with E-state index in [0.717, 1.165) is 45.0 Å². The van der Waals surface area contributed by atoms with Gasteiger partial charge < -0.3 is 15.2 Å². The summed E-state index contributed by atoms with van der Waals surface area (Å²) >= 11 is 0. The Morgan fingerprint density at radius 2 is 1.94 bits per heavy atom. The van der Waals surface area contributed by atoms with Crippen molar-refractivity contribution in [2.45, 2.75) is 6.04 Å². The third-order valence-corrected chi connectivity index (χ3v) is 3.31. The van der Waals surface area contributed by atoms with Gasteiger partial charge in [-0.05, 0) is 5.56 Å². The van der Waals surface area contributed by atoms with E-state index in [-0.39, 0.29) is 12.6 Å². The zero-order valence-electron chi connectivity index (χ0n) is 10.7. The van der Waals surface area contributed by atoms with Crippen molar-refractivity contribution in [2.75, 3.05) is 46.0 Å². The number of nitrogens with one attached hydrogen (secondary N) is 1. The summed E-state index contributed by atoms with van der Waals surface area (Å²) in [4.78, 5) is 2.38. The molecule has 1 saturated heterocycles. The number of nitrogens with zero attached hydrogens (tertiary/aromatic N) is 1. The van der Waals surface area contributed by atoms with E-state index in [1.807, 2.05) is 30.3 Å². The van der Waals surface area contributed by atoms with Gasteiger partial charge in [-0.25, -0.2) is 0 Å². The molecule has 2 N–H and O–H groups in total. The van der Waals surface area contributed by atoms with E-state index in [9.17, 15) is 5.11 Å². The van der Waals surface area contributed by atoms with Crippen molar-refractivity contribution >= 4 is 0 Å². The highest BCUT2D eigenvalue weighted by atomic mass is 16.5. The Morgan fingerprint density at radius 1 is 1.22 bits per heavy atom. The molecule has 0 spiro atoms. The number of aliphatic hydroxyl groups excluding tert-OH is 1. The molecule has 1 atom stereocenters. The van der Waals surface area contributed by atoms with Gasteiger partial charge in [0.05, 0.1) is 25.9 Å². The Labute approximate surface area is 109 Å². The number of rotatable bonds is 6. The molecule has 0 amide bonds. The van der Waals surface area contributed by atoms with Gasteiger partial charge in [0, 0.05) is 26.2 Å². The lowest BCUT2D eigenvalue weighted by molar-refractivity contribution is 0.0378. The van der Waals surface area contributed by atoms with Crippen LogP contribution in [-0.2, 0) is 4.74 Å². The molecule has 2 rings (SSSR count). The average Bonchev–Trinajstić information content (AvgIpc) is 2.46. The molecule has 1 aromatic rings. The first-order valence-electron chi connectivity index (χ1n) is 6.59. The van der Waals surface area contributed by atoms with Gasteiger partial charge in [-0.1, -0.05) is 30.3 Å². The Bertz CT molecular complexity index is 326. The summed E-state index contributed by atoms with van der Waals surface area (Å²) in [7, 11) is 0. The second-order valence-electron chi connectivity index (χ2n) is 4.55. The summed E-state index contributed by atoms with van der Waals surface area (Å²) in [5.74, 6) is 0. The molecule has 0 radical (unpaired) electrons. The number of ether oxygens (including phenoxy) is 1. The van der Waals surface area contributed by atoms with Crippen LogP contribution in [0, 0.1) is 0 Å². The Hall–Kier alpha value is -0.940. The van der Waals surface area contributed by atoms with Gasteiger partial charge in [0.15, 0.2) is 0 Å². The van der Waals surface area contributed by atoms with E-state index < -0.39 is 0 Å². The lowest BCUT2D eigenvalue weighted by Gasteiger charge is -2.27. The molecule has 18 heavy (non-hydrogen) atoms. The zero-order valence-corrected chi connectivity index (χ0v) is 10.7. The van der Waals surface area contributed by atoms with Crippen LogP contribution >= 0.6 is 0 Å². The number of aliphatic hydroxyl groups is 1. The third kappa shape index (κ3) is 4.07. The van der Waals surface area contributed by atoms with Gasteiger partial charge in [0.2, 0.25) is 0 Å². The van der Waals surface area contributed by atoms with Gasteiger partial charge >= 0.3 is 0 Å². The second kappa shape index (κ2) is 7.48. The second-order valence-corrected chi connectivity index (χ2v) is 4.55. The molecule has 4 nitrogen and oxygen atoms in total. The quantitative estimate of drug-likeness (QED) is 0.778. The highest BCUT2D eigenvalue weighted by Crippen LogP contribution is 2.11. The predicted octanol–water partition coefficient (Wildman–Crippen LogP) is 0.642. The zero-order chi connectivity index (χ0) is 12.6. The molecular formula is C14H22N2O2. The van der Waals surface area contributed by atoms with Crippen molar-refractivity contribution in [2.24, 2.45) is 0 Å². The van der Waals surface area contributed by atoms with Crippen molar-refractivity contribution < 1.29 is 9.84 Å². The summed E-state index contributed by atoms with van der Waals surface area (Å²) in [6.45, 7) is 5.72. The molecule has 0 saturated carbocycles. The Morgan fingerprint density at radius 3 is 2.61 bits per heavy atom. The minimum Gasteiger partial charge on any atom is -0.394 e. The minimum absolute atomic E-state index is 0.0345. The molecular weight excluding hydrogens is 228 g/mol. The summed E-state index contributed by atoms with van der Waals surface area (Å²) in [5.41, 5.74) is 1.14. The Kier molecular flexibility index (Phi) is 5.61. The Balaban J connectivity index is 1.73. The number of hydrogen-bond acceptors (Lipinski definition) is 4. The lowest BCUT2D eigenvalue weighted by atomic mass is 10.1. The first-order valence-corrected chi connectivity index (χ1v) is 6.59. The lowest BCUT2D eigenvalue weighted by Crippen LogP contribution is -2.41. The monoisotopic (exact) mass is 250 g/mol. The van der Waals surface area contributed by atoms with Crippen LogP contribution in [0.5, 0.6) is 0 Å². The van der Waals surface area contributed by atoms with Crippen LogP contribution in [0.1, 0.15) is 11.6 Å². The molecule has 0 unspecified atom stereocenters. The molecule has 1 fully saturated rings. The third-order valence-electron chi connectivity index (χ3n) is 3.31. The van der Waals surface area contributed by atoms with Gasteiger partial charge in [-0.2, -0.15) is 0 Å². The highest BCUT2D eigenvalue weighted by Gasteiger charge is 2.12. The molecule has 0 aliphatic carbocycles. The molecule has 1 aliphatic rings. The summed E-state index contributed by atoms with van der Waals surface area (Å²) < 4.78 is 5.32. The van der Waals surface area contributed by atoms with Crippen molar-refractivity contribution in [1.29, 1.82) is 0 Å². The van der Waals surface area contributed by atoms with Gasteiger partial charge in [0.1, 0.15) is 0 Å². The van der Waals surface area contributed by atoms with Gasteiger partial charge in [0.25, 0.3) is 0 Å². The first kappa shape index (κ1) is 13.5. The topological polar surface area (TPSA) is 44.7 Å². The SMILES string of the molecule is OC[C@@H](NCCN1CCOCC1)c1ccccc1. The number of benzene rings is 1. The fourth-order valence-electron chi connectivity index (χ4n) is 2.19. The van der Waals surface area contributed by atoms with E-state index in [1.54, 1.807) is 0 Å². The fraction of sp³-hybridized carbons (Fsp3) is 0.571. The van der Waals surface area contributed by atoms with Crippen molar-refractivity contribution in [1.82, 2.24) is 10.2 Å². The first-order chi connectivity index (χ1) is 8.90. The van der Waals surface area contributed by atoms with Crippen LogP contribution in [0.3, 0.4) is 0 Å². The standard InChI is InChI=1S/C14H22N2O2/c17-12-14(13-4-2-1-3-5-13)15-6-7-16-8-10-18-11-9-16/h1-5,14-15,17H,6-12H2/t14-/m1/s1. The molecule has 1 heterocycles. The van der Waals surface area contributed by atoms with E-state index in [4.69, 9.17) is 4.74 Å². The van der Waals surface area contributed by atoms with Crippen molar-refractivity contribution in [3.63, 3.8) is 0 Å². The summed E-state index contributed by atoms with van der Waals surface area (Å²) in [5, 5.41) is 12.8. The highest BCUT2D eigenvalue weighted by molar-refractivity contribution is 5.18. The van der Waals surface area contributed by atoms with Crippen LogP contribution in [0.25, 0.3) is 0 Å². The molecule has 0 aromatic heterocycles. The molecule has 4 heteroatoms. The maximum atomic E-state index is 9.42. The summed E-state index contributed by atoms with van der Waals surface area (Å²) in [6, 6.07) is 10.1. The van der Waals surface area contributed by atoms with Gasteiger partial charge in [-0.15, -0.1) is 0 Å². The van der Waals surface area contributed by atoms with Crippen molar-refractivity contribution in [3.8, 4) is 0 Å². The summed E-state index contributed by atoms with van der Waals surface area (Å²) in [6.07, 6.45) is 0. The van der Waals surface area contributed by atoms with E-state index in [1.165, 1.54) is 0 Å². The van der Waals surface area contributed by atoms with Crippen LogP contribution in [0.15, 0.2) is 30.3 Å². The maximum Gasteiger partial charge on any atom is 0.0626 e. The van der Waals surface area contributed by atoms with Crippen LogP contribution in [0.2, 0.25) is 0 Å².